The molecule has 4 aromatic heterocycles. The number of likely N-dealkylation sites (tertiary alicyclic amines) is 1. The van der Waals surface area contributed by atoms with E-state index in [-0.39, 0.29) is 17.5 Å². The molecule has 0 unspecified atom stereocenters. The standard InChI is InChI=1S/C26H27N7O2/c1-15(2)33-25-19(11-28-33)26(34)31-24(30-25)20-14-32(12-16(20)3)13-17-9-10-27-21-7-8-22(29-23(17)21)35-18-5-4-6-18/h4-11,15-16,20H,12-14H2,1-3H3,(H,30,31,34)/t16-,20-/m1/s1. The first-order chi connectivity index (χ1) is 17.0. The van der Waals surface area contributed by atoms with Crippen molar-refractivity contribution < 1.29 is 4.74 Å². The summed E-state index contributed by atoms with van der Waals surface area (Å²) in [5.41, 5.74) is 3.31. The summed E-state index contributed by atoms with van der Waals surface area (Å²) in [4.78, 5) is 32.3. The molecule has 1 aliphatic carbocycles. The molecule has 0 aromatic carbocycles. The third kappa shape index (κ3) is 3.91. The highest BCUT2D eigenvalue weighted by Gasteiger charge is 2.33. The topological polar surface area (TPSA) is 102 Å². The molecule has 0 spiro atoms. The summed E-state index contributed by atoms with van der Waals surface area (Å²) in [6, 6.07) is 5.94. The van der Waals surface area contributed by atoms with Crippen LogP contribution < -0.4 is 10.3 Å². The molecule has 1 saturated heterocycles. The van der Waals surface area contributed by atoms with Crippen LogP contribution in [0.1, 0.15) is 44.1 Å². The SMILES string of the molecule is CC(C)n1ncc2c(=O)[nH]c([C@@H]3CN(Cc4ccnc5ccc(OC6=CC=C6)nc45)C[C@H]3C)nc21. The highest BCUT2D eigenvalue weighted by Crippen LogP contribution is 2.32. The van der Waals surface area contributed by atoms with E-state index in [2.05, 4.69) is 26.9 Å². The predicted octanol–water partition coefficient (Wildman–Crippen LogP) is 3.71. The summed E-state index contributed by atoms with van der Waals surface area (Å²) in [5, 5.41) is 4.90. The first-order valence-corrected chi connectivity index (χ1v) is 12.0. The molecule has 4 aromatic rings. The zero-order valence-corrected chi connectivity index (χ0v) is 20.0. The molecule has 9 nitrogen and oxygen atoms in total. The van der Waals surface area contributed by atoms with Crippen molar-refractivity contribution in [3.63, 3.8) is 0 Å². The smallest absolute Gasteiger partial charge is 0.262 e. The van der Waals surface area contributed by atoms with Crippen molar-refractivity contribution in [2.24, 2.45) is 5.92 Å². The van der Waals surface area contributed by atoms with E-state index in [1.165, 1.54) is 0 Å². The Morgan fingerprint density at radius 1 is 1.20 bits per heavy atom. The number of aromatic nitrogens is 6. The van der Waals surface area contributed by atoms with E-state index in [1.54, 1.807) is 6.20 Å². The summed E-state index contributed by atoms with van der Waals surface area (Å²) in [6.07, 6.45) is 9.18. The van der Waals surface area contributed by atoms with Gasteiger partial charge in [0.15, 0.2) is 5.65 Å². The van der Waals surface area contributed by atoms with Gasteiger partial charge < -0.3 is 9.72 Å². The van der Waals surface area contributed by atoms with E-state index >= 15 is 0 Å². The molecular formula is C26H27N7O2. The zero-order chi connectivity index (χ0) is 24.1. The lowest BCUT2D eigenvalue weighted by Crippen LogP contribution is -2.22. The van der Waals surface area contributed by atoms with Crippen molar-refractivity contribution in [3.8, 4) is 5.88 Å². The maximum absolute atomic E-state index is 12.8. The van der Waals surface area contributed by atoms with E-state index < -0.39 is 0 Å². The Morgan fingerprint density at radius 2 is 2.06 bits per heavy atom. The minimum Gasteiger partial charge on any atom is -0.439 e. The zero-order valence-electron chi connectivity index (χ0n) is 20.0. The first kappa shape index (κ1) is 21.7. The fraction of sp³-hybridized carbons (Fsp3) is 0.346. The van der Waals surface area contributed by atoms with E-state index in [0.29, 0.717) is 22.8 Å². The number of allylic oxidation sites excluding steroid dienone is 3. The van der Waals surface area contributed by atoms with Crippen LogP contribution in [-0.2, 0) is 6.54 Å². The third-order valence-corrected chi connectivity index (χ3v) is 6.79. The molecule has 35 heavy (non-hydrogen) atoms. The Labute approximate surface area is 202 Å². The molecule has 0 amide bonds. The van der Waals surface area contributed by atoms with Gasteiger partial charge in [-0.2, -0.15) is 5.10 Å². The second-order valence-electron chi connectivity index (χ2n) is 9.67. The molecule has 2 aliphatic rings. The van der Waals surface area contributed by atoms with E-state index in [0.717, 1.165) is 47.8 Å². The van der Waals surface area contributed by atoms with Crippen LogP contribution in [0.5, 0.6) is 5.88 Å². The minimum absolute atomic E-state index is 0.125. The Hall–Kier alpha value is -3.85. The Morgan fingerprint density at radius 3 is 2.83 bits per heavy atom. The van der Waals surface area contributed by atoms with Gasteiger partial charge in [0, 0.05) is 43.9 Å². The lowest BCUT2D eigenvalue weighted by Gasteiger charge is -2.17. The van der Waals surface area contributed by atoms with Crippen molar-refractivity contribution in [1.82, 2.24) is 34.6 Å². The summed E-state index contributed by atoms with van der Waals surface area (Å²) in [5.74, 6) is 2.56. The second-order valence-corrected chi connectivity index (χ2v) is 9.67. The van der Waals surface area contributed by atoms with Crippen LogP contribution in [0.15, 0.2) is 59.4 Å². The maximum Gasteiger partial charge on any atom is 0.262 e. The normalized spacial score (nSPS) is 20.1. The monoisotopic (exact) mass is 469 g/mol. The number of nitrogens with zero attached hydrogens (tertiary/aromatic N) is 6. The Kier molecular flexibility index (Phi) is 5.21. The van der Waals surface area contributed by atoms with Crippen LogP contribution >= 0.6 is 0 Å². The van der Waals surface area contributed by atoms with Gasteiger partial charge in [0.25, 0.3) is 5.56 Å². The van der Waals surface area contributed by atoms with Crippen LogP contribution in [0.25, 0.3) is 22.1 Å². The lowest BCUT2D eigenvalue weighted by molar-refractivity contribution is 0.319. The maximum atomic E-state index is 12.8. The van der Waals surface area contributed by atoms with Gasteiger partial charge in [0.05, 0.1) is 17.2 Å². The van der Waals surface area contributed by atoms with Crippen molar-refractivity contribution >= 4 is 22.1 Å². The number of ether oxygens (including phenoxy) is 1. The number of fused-ring (bicyclic) bond motifs is 2. The highest BCUT2D eigenvalue weighted by molar-refractivity contribution is 5.78. The fourth-order valence-electron chi connectivity index (χ4n) is 4.91. The van der Waals surface area contributed by atoms with Crippen molar-refractivity contribution in [3.05, 3.63) is 76.3 Å². The summed E-state index contributed by atoms with van der Waals surface area (Å²) >= 11 is 0. The van der Waals surface area contributed by atoms with Gasteiger partial charge >= 0.3 is 0 Å². The molecule has 0 radical (unpaired) electrons. The molecule has 0 bridgehead atoms. The van der Waals surface area contributed by atoms with Gasteiger partial charge in [0.1, 0.15) is 17.0 Å². The quantitative estimate of drug-likeness (QED) is 0.459. The first-order valence-electron chi connectivity index (χ1n) is 12.0. The number of hydrogen-bond donors (Lipinski definition) is 1. The molecule has 1 N–H and O–H groups in total. The average Bonchev–Trinajstić information content (AvgIpc) is 3.40. The van der Waals surface area contributed by atoms with Crippen LogP contribution in [0.3, 0.4) is 0 Å². The number of nitrogens with one attached hydrogen (secondary N) is 1. The number of rotatable bonds is 6. The summed E-state index contributed by atoms with van der Waals surface area (Å²) < 4.78 is 7.63. The molecule has 2 atom stereocenters. The molecule has 0 saturated carbocycles. The average molecular weight is 470 g/mol. The molecule has 178 valence electrons. The second kappa shape index (κ2) is 8.42. The van der Waals surface area contributed by atoms with Gasteiger partial charge in [-0.3, -0.25) is 14.7 Å². The lowest BCUT2D eigenvalue weighted by atomic mass is 9.97. The summed E-state index contributed by atoms with van der Waals surface area (Å²) in [6.45, 7) is 8.71. The Balaban J connectivity index is 1.27. The highest BCUT2D eigenvalue weighted by atomic mass is 16.5. The number of hydrogen-bond acceptors (Lipinski definition) is 7. The van der Waals surface area contributed by atoms with Crippen LogP contribution in [0, 0.1) is 5.92 Å². The predicted molar refractivity (Wildman–Crippen MR) is 133 cm³/mol. The molecule has 1 fully saturated rings. The van der Waals surface area contributed by atoms with Gasteiger partial charge in [-0.1, -0.05) is 13.0 Å². The van der Waals surface area contributed by atoms with Crippen LogP contribution in [0.2, 0.25) is 0 Å². The largest absolute Gasteiger partial charge is 0.439 e. The van der Waals surface area contributed by atoms with Crippen molar-refractivity contribution in [2.75, 3.05) is 13.1 Å². The summed E-state index contributed by atoms with van der Waals surface area (Å²) in [7, 11) is 0. The molecular weight excluding hydrogens is 442 g/mol. The van der Waals surface area contributed by atoms with Crippen molar-refractivity contribution in [2.45, 2.75) is 39.3 Å². The molecule has 5 heterocycles. The van der Waals surface area contributed by atoms with E-state index in [4.69, 9.17) is 14.7 Å². The Bertz CT molecular complexity index is 1550. The van der Waals surface area contributed by atoms with E-state index in [1.807, 2.05) is 61.2 Å². The molecule has 1 aliphatic heterocycles. The molecule has 9 heteroatoms. The van der Waals surface area contributed by atoms with Gasteiger partial charge in [0.2, 0.25) is 5.88 Å². The van der Waals surface area contributed by atoms with Crippen molar-refractivity contribution in [1.29, 1.82) is 0 Å². The van der Waals surface area contributed by atoms with E-state index in [9.17, 15) is 4.79 Å². The van der Waals surface area contributed by atoms with Gasteiger partial charge in [-0.05, 0) is 49.6 Å². The van der Waals surface area contributed by atoms with Gasteiger partial charge in [-0.25, -0.2) is 14.6 Å². The minimum atomic E-state index is -0.129. The molecule has 6 rings (SSSR count). The van der Waals surface area contributed by atoms with Crippen LogP contribution in [-0.4, -0.2) is 47.7 Å². The number of H-pyrrole nitrogens is 1. The number of aromatic amines is 1. The number of pyridine rings is 2. The third-order valence-electron chi connectivity index (χ3n) is 6.79. The van der Waals surface area contributed by atoms with Gasteiger partial charge in [-0.15, -0.1) is 0 Å². The van der Waals surface area contributed by atoms with Crippen LogP contribution in [0.4, 0.5) is 0 Å². The fourth-order valence-corrected chi connectivity index (χ4v) is 4.91.